The Morgan fingerprint density at radius 1 is 1.04 bits per heavy atom. The fourth-order valence-electron chi connectivity index (χ4n) is 6.66. The Hall–Kier alpha value is -3.58. The van der Waals surface area contributed by atoms with Gasteiger partial charge in [0, 0.05) is 43.1 Å². The molecule has 13 heteroatoms. The van der Waals surface area contributed by atoms with Crippen molar-refractivity contribution in [2.24, 2.45) is 17.3 Å². The first-order chi connectivity index (χ1) is 25.8. The summed E-state index contributed by atoms with van der Waals surface area (Å²) in [5, 5.41) is 5.94. The Morgan fingerprint density at radius 3 is 2.33 bits per heavy atom. The third-order valence-electron chi connectivity index (χ3n) is 9.70. The van der Waals surface area contributed by atoms with Gasteiger partial charge in [-0.3, -0.25) is 14.4 Å². The van der Waals surface area contributed by atoms with Crippen molar-refractivity contribution in [3.8, 4) is 5.75 Å². The maximum atomic E-state index is 13.8. The number of methoxy groups -OCH3 is 1. The van der Waals surface area contributed by atoms with E-state index in [0.29, 0.717) is 16.3 Å². The number of hydrogen-bond donors (Lipinski definition) is 3. The highest BCUT2D eigenvalue weighted by atomic mass is 35.5. The lowest BCUT2D eigenvalue weighted by molar-refractivity contribution is -0.179. The number of benzene rings is 2. The highest BCUT2D eigenvalue weighted by molar-refractivity contribution is 7.81. The molecule has 2 N–H and O–H groups in total. The number of ether oxygens (including phenoxy) is 4. The van der Waals surface area contributed by atoms with Crippen LogP contribution in [0.4, 0.5) is 0 Å². The van der Waals surface area contributed by atoms with Crippen molar-refractivity contribution in [3.63, 3.8) is 0 Å². The van der Waals surface area contributed by atoms with Crippen molar-refractivity contribution in [2.75, 3.05) is 27.2 Å². The molecule has 0 radical (unpaired) electrons. The summed E-state index contributed by atoms with van der Waals surface area (Å²) in [5.41, 5.74) is 1.67. The second kappa shape index (κ2) is 19.0. The number of cyclic esters (lactones) is 2. The molecule has 55 heavy (non-hydrogen) atoms. The third-order valence-corrected chi connectivity index (χ3v) is 10.1. The summed E-state index contributed by atoms with van der Waals surface area (Å²) in [4.78, 5) is 56.4. The Kier molecular flexibility index (Phi) is 15.3. The van der Waals surface area contributed by atoms with E-state index in [2.05, 4.69) is 73.3 Å². The van der Waals surface area contributed by atoms with Gasteiger partial charge in [-0.15, -0.1) is 0 Å². The average molecular weight is 800 g/mol. The van der Waals surface area contributed by atoms with E-state index in [1.807, 2.05) is 20.8 Å². The van der Waals surface area contributed by atoms with Gasteiger partial charge < -0.3 is 34.5 Å². The Bertz CT molecular complexity index is 1690. The molecule has 0 spiro atoms. The molecule has 0 unspecified atom stereocenters. The van der Waals surface area contributed by atoms with Gasteiger partial charge in [-0.25, -0.2) is 4.79 Å². The normalized spacial score (nSPS) is 25.1. The van der Waals surface area contributed by atoms with Crippen LogP contribution in [0.15, 0.2) is 54.6 Å². The molecule has 2 aliphatic heterocycles. The number of halogens is 1. The van der Waals surface area contributed by atoms with Crippen molar-refractivity contribution in [1.82, 2.24) is 15.5 Å². The molecule has 302 valence electrons. The molecule has 2 amide bonds. The van der Waals surface area contributed by atoms with E-state index < -0.39 is 47.4 Å². The van der Waals surface area contributed by atoms with Gasteiger partial charge in [-0.2, -0.15) is 12.6 Å². The van der Waals surface area contributed by atoms with Gasteiger partial charge in [-0.1, -0.05) is 68.8 Å². The first-order valence-electron chi connectivity index (χ1n) is 18.9. The monoisotopic (exact) mass is 799 g/mol. The van der Waals surface area contributed by atoms with E-state index in [0.717, 1.165) is 18.7 Å². The number of nitrogens with one attached hydrogen (secondary N) is 2. The molecule has 11 nitrogen and oxygen atoms in total. The largest absolute Gasteiger partial charge is 0.495 e. The average Bonchev–Trinajstić information content (AvgIpc) is 3.89. The maximum absolute atomic E-state index is 13.8. The SMILES string of the molecule is COc1ccc(C[C@H]2NC(=O)/C=C/C[C@@H]([C@H](C)[C@H]3O[C@@H]3c3ccc(CN(C)CC(C)(C)S)cc3)OC(=O)[C@H](CC(C)C)OC(=O)C(C)(C)CNC2=O)cc1Cl. The van der Waals surface area contributed by atoms with Gasteiger partial charge in [0.15, 0.2) is 6.10 Å². The minimum absolute atomic E-state index is 0.00809. The van der Waals surface area contributed by atoms with Crippen molar-refractivity contribution < 1.29 is 38.1 Å². The van der Waals surface area contributed by atoms with Gasteiger partial charge in [0.2, 0.25) is 11.8 Å². The molecule has 2 heterocycles. The molecule has 2 aliphatic rings. The highest BCUT2D eigenvalue weighted by Gasteiger charge is 2.48. The number of rotatable bonds is 12. The van der Waals surface area contributed by atoms with Crippen LogP contribution in [0.2, 0.25) is 5.02 Å². The summed E-state index contributed by atoms with van der Waals surface area (Å²) in [6.07, 6.45) is 1.19. The second-order valence-electron chi connectivity index (χ2n) is 16.6. The van der Waals surface area contributed by atoms with Crippen LogP contribution in [0, 0.1) is 17.3 Å². The summed E-state index contributed by atoms with van der Waals surface area (Å²) in [6.45, 7) is 14.7. The summed E-state index contributed by atoms with van der Waals surface area (Å²) in [7, 11) is 3.58. The van der Waals surface area contributed by atoms with Gasteiger partial charge in [0.05, 0.1) is 23.7 Å². The van der Waals surface area contributed by atoms with E-state index in [1.165, 1.54) is 18.7 Å². The molecule has 0 bridgehead atoms. The Labute approximate surface area is 336 Å². The van der Waals surface area contributed by atoms with Crippen LogP contribution in [0.5, 0.6) is 5.75 Å². The Balaban J connectivity index is 1.56. The van der Waals surface area contributed by atoms with Crippen LogP contribution in [0.25, 0.3) is 0 Å². The topological polar surface area (TPSA) is 136 Å². The van der Waals surface area contributed by atoms with Crippen molar-refractivity contribution >= 4 is 48.0 Å². The molecular weight excluding hydrogens is 742 g/mol. The number of carbonyl (C=O) groups excluding carboxylic acids is 4. The predicted molar refractivity (Wildman–Crippen MR) is 216 cm³/mol. The fraction of sp³-hybridized carbons (Fsp3) is 0.571. The minimum Gasteiger partial charge on any atom is -0.495 e. The molecule has 4 rings (SSSR count). The van der Waals surface area contributed by atoms with Crippen LogP contribution in [0.1, 0.15) is 84.1 Å². The summed E-state index contributed by atoms with van der Waals surface area (Å²) in [5.74, 6) is -2.13. The van der Waals surface area contributed by atoms with Crippen molar-refractivity contribution in [3.05, 3.63) is 76.3 Å². The molecule has 6 atom stereocenters. The molecule has 0 aromatic heterocycles. The molecular formula is C42H58ClN3O8S. The third kappa shape index (κ3) is 13.3. The molecule has 1 fully saturated rings. The molecule has 0 saturated carbocycles. The van der Waals surface area contributed by atoms with E-state index in [9.17, 15) is 19.2 Å². The summed E-state index contributed by atoms with van der Waals surface area (Å²) < 4.78 is 23.3. The lowest BCUT2D eigenvalue weighted by Gasteiger charge is -2.29. The number of hydrogen-bond acceptors (Lipinski definition) is 10. The zero-order valence-corrected chi connectivity index (χ0v) is 35.2. The minimum atomic E-state index is -1.21. The number of esters is 2. The smallest absolute Gasteiger partial charge is 0.347 e. The Morgan fingerprint density at radius 2 is 1.71 bits per heavy atom. The first kappa shape index (κ1) is 44.1. The summed E-state index contributed by atoms with van der Waals surface area (Å²) >= 11 is 11.0. The van der Waals surface area contributed by atoms with Crippen molar-refractivity contribution in [1.29, 1.82) is 0 Å². The van der Waals surface area contributed by atoms with Gasteiger partial charge in [0.25, 0.3) is 0 Å². The second-order valence-corrected chi connectivity index (χ2v) is 18.2. The molecule has 0 aliphatic carbocycles. The number of carbonyl (C=O) groups is 4. The lowest BCUT2D eigenvalue weighted by atomic mass is 9.92. The van der Waals surface area contributed by atoms with Gasteiger partial charge in [-0.05, 0) is 82.0 Å². The van der Waals surface area contributed by atoms with Gasteiger partial charge >= 0.3 is 11.9 Å². The van der Waals surface area contributed by atoms with E-state index in [-0.39, 0.29) is 54.6 Å². The maximum Gasteiger partial charge on any atom is 0.347 e. The number of amides is 2. The summed E-state index contributed by atoms with van der Waals surface area (Å²) in [6, 6.07) is 12.5. The fourth-order valence-corrected chi connectivity index (χ4v) is 7.18. The van der Waals surface area contributed by atoms with Crippen LogP contribution < -0.4 is 15.4 Å². The van der Waals surface area contributed by atoms with Crippen LogP contribution in [-0.2, 0) is 46.4 Å². The molecule has 2 aromatic rings. The zero-order chi connectivity index (χ0) is 40.7. The van der Waals surface area contributed by atoms with Crippen LogP contribution in [0.3, 0.4) is 0 Å². The number of epoxide rings is 1. The molecule has 2 aromatic carbocycles. The predicted octanol–water partition coefficient (Wildman–Crippen LogP) is 6.26. The van der Waals surface area contributed by atoms with E-state index >= 15 is 0 Å². The zero-order valence-electron chi connectivity index (χ0n) is 33.5. The lowest BCUT2D eigenvalue weighted by Crippen LogP contribution is -2.51. The quantitative estimate of drug-likeness (QED) is 0.129. The standard InChI is InChI=1S/C42H58ClN3O8S/c1-25(2)19-34-39(49)52-32(26(3)36-37(54-36)29-16-13-27(14-17-29)22-46(8)24-42(6,7)55)11-10-12-35(47)45-31(21-28-15-18-33(51-9)30(43)20-28)38(48)44-23-41(4,5)40(50)53-34/h10,12-18,20,25-26,31-32,34,36-37,55H,11,19,21-24H2,1-9H3,(H,44,48)(H,45,47)/b12-10+/t26-,31+,32-,34-,36+,37+/m0/s1. The first-order valence-corrected chi connectivity index (χ1v) is 19.7. The van der Waals surface area contributed by atoms with Crippen LogP contribution >= 0.6 is 24.2 Å². The van der Waals surface area contributed by atoms with Crippen molar-refractivity contribution in [2.45, 2.75) is 109 Å². The molecule has 1 saturated heterocycles. The van der Waals surface area contributed by atoms with Gasteiger partial charge in [0.1, 0.15) is 24.0 Å². The number of thiol groups is 1. The number of nitrogens with zero attached hydrogens (tertiary/aromatic N) is 1. The van der Waals surface area contributed by atoms with E-state index in [1.54, 1.807) is 38.1 Å². The van der Waals surface area contributed by atoms with E-state index in [4.69, 9.17) is 30.5 Å². The van der Waals surface area contributed by atoms with Crippen LogP contribution in [-0.4, -0.2) is 85.0 Å². The highest BCUT2D eigenvalue weighted by Crippen LogP contribution is 2.45.